The summed E-state index contributed by atoms with van der Waals surface area (Å²) in [7, 11) is 0. The molecule has 1 aromatic carbocycles. The van der Waals surface area contributed by atoms with Crippen LogP contribution in [0.15, 0.2) is 47.1 Å². The van der Waals surface area contributed by atoms with E-state index in [-0.39, 0.29) is 11.9 Å². The zero-order chi connectivity index (χ0) is 19.5. The third-order valence-electron chi connectivity index (χ3n) is 5.32. The molecule has 146 valence electrons. The molecule has 0 bridgehead atoms. The van der Waals surface area contributed by atoms with Crippen molar-refractivity contribution >= 4 is 16.9 Å². The standard InChI is InChI=1S/C22H26N4O2/c1-15-5-6-20-18(10-15)16(2)21(28-20)14-26-9-8-24-19(13-26)22(27)25-12-17-4-3-7-23-11-17/h3-7,10-11,19,24H,8-9,12-14H2,1-2H3,(H,25,27)/t19-/m0/s1. The van der Waals surface area contributed by atoms with E-state index in [1.165, 1.54) is 16.5 Å². The van der Waals surface area contributed by atoms with Crippen molar-refractivity contribution in [2.45, 2.75) is 33.0 Å². The summed E-state index contributed by atoms with van der Waals surface area (Å²) in [4.78, 5) is 18.9. The maximum Gasteiger partial charge on any atom is 0.238 e. The van der Waals surface area contributed by atoms with Crippen LogP contribution < -0.4 is 10.6 Å². The fourth-order valence-corrected chi connectivity index (χ4v) is 3.68. The predicted molar refractivity (Wildman–Crippen MR) is 109 cm³/mol. The highest BCUT2D eigenvalue weighted by atomic mass is 16.3. The van der Waals surface area contributed by atoms with E-state index >= 15 is 0 Å². The van der Waals surface area contributed by atoms with E-state index in [1.54, 1.807) is 12.4 Å². The first-order valence-corrected chi connectivity index (χ1v) is 9.71. The second-order valence-corrected chi connectivity index (χ2v) is 7.47. The molecule has 2 aromatic heterocycles. The molecule has 1 atom stereocenters. The highest BCUT2D eigenvalue weighted by Crippen LogP contribution is 2.27. The molecule has 1 amide bonds. The Morgan fingerprint density at radius 1 is 1.36 bits per heavy atom. The van der Waals surface area contributed by atoms with Gasteiger partial charge in [-0.15, -0.1) is 0 Å². The number of aromatic nitrogens is 1. The predicted octanol–water partition coefficient (Wildman–Crippen LogP) is 2.53. The Morgan fingerprint density at radius 3 is 3.07 bits per heavy atom. The fraction of sp³-hybridized carbons (Fsp3) is 0.364. The average Bonchev–Trinajstić information content (AvgIpc) is 3.02. The van der Waals surface area contributed by atoms with Gasteiger partial charge in [-0.1, -0.05) is 17.7 Å². The van der Waals surface area contributed by atoms with Crippen LogP contribution in [0.5, 0.6) is 0 Å². The Kier molecular flexibility index (Phi) is 5.41. The summed E-state index contributed by atoms with van der Waals surface area (Å²) in [5.41, 5.74) is 4.35. The molecule has 4 rings (SSSR count). The molecule has 0 saturated carbocycles. The van der Waals surface area contributed by atoms with Gasteiger partial charge >= 0.3 is 0 Å². The summed E-state index contributed by atoms with van der Waals surface area (Å²) in [6, 6.07) is 9.89. The summed E-state index contributed by atoms with van der Waals surface area (Å²) in [5.74, 6) is 1.00. The van der Waals surface area contributed by atoms with E-state index in [4.69, 9.17) is 4.42 Å². The molecule has 28 heavy (non-hydrogen) atoms. The van der Waals surface area contributed by atoms with E-state index in [9.17, 15) is 4.79 Å². The zero-order valence-corrected chi connectivity index (χ0v) is 16.4. The Labute approximate surface area is 164 Å². The summed E-state index contributed by atoms with van der Waals surface area (Å²) < 4.78 is 6.09. The van der Waals surface area contributed by atoms with Crippen LogP contribution >= 0.6 is 0 Å². The van der Waals surface area contributed by atoms with Crippen molar-refractivity contribution in [2.24, 2.45) is 0 Å². The molecule has 0 unspecified atom stereocenters. The first-order valence-electron chi connectivity index (χ1n) is 9.71. The van der Waals surface area contributed by atoms with Gasteiger partial charge in [0.1, 0.15) is 11.3 Å². The Morgan fingerprint density at radius 2 is 2.25 bits per heavy atom. The Balaban J connectivity index is 1.38. The Bertz CT molecular complexity index is 967. The number of carbonyl (C=O) groups is 1. The van der Waals surface area contributed by atoms with Crippen LogP contribution in [0, 0.1) is 13.8 Å². The van der Waals surface area contributed by atoms with Gasteiger partial charge in [0.25, 0.3) is 0 Å². The second kappa shape index (κ2) is 8.12. The monoisotopic (exact) mass is 378 g/mol. The number of hydrogen-bond donors (Lipinski definition) is 2. The minimum Gasteiger partial charge on any atom is -0.459 e. The Hall–Kier alpha value is -2.70. The van der Waals surface area contributed by atoms with Gasteiger partial charge in [0.05, 0.1) is 12.6 Å². The molecule has 6 heteroatoms. The van der Waals surface area contributed by atoms with Crippen molar-refractivity contribution in [3.8, 4) is 0 Å². The summed E-state index contributed by atoms with van der Waals surface area (Å²) >= 11 is 0. The SMILES string of the molecule is Cc1ccc2oc(CN3CCN[C@H](C(=O)NCc4cccnc4)C3)c(C)c2c1. The van der Waals surface area contributed by atoms with Crippen molar-refractivity contribution in [2.75, 3.05) is 19.6 Å². The number of nitrogens with one attached hydrogen (secondary N) is 2. The maximum atomic E-state index is 12.6. The fourth-order valence-electron chi connectivity index (χ4n) is 3.68. The molecule has 1 aliphatic rings. The normalized spacial score (nSPS) is 17.7. The van der Waals surface area contributed by atoms with Crippen LogP contribution in [-0.4, -0.2) is 41.5 Å². The number of hydrogen-bond acceptors (Lipinski definition) is 5. The zero-order valence-electron chi connectivity index (χ0n) is 16.4. The average molecular weight is 378 g/mol. The van der Waals surface area contributed by atoms with Crippen LogP contribution in [0.1, 0.15) is 22.5 Å². The molecule has 1 fully saturated rings. The van der Waals surface area contributed by atoms with E-state index in [2.05, 4.69) is 46.5 Å². The van der Waals surface area contributed by atoms with Gasteiger partial charge in [0.2, 0.25) is 5.91 Å². The number of aryl methyl sites for hydroxylation is 2. The van der Waals surface area contributed by atoms with Crippen LogP contribution in [0.4, 0.5) is 0 Å². The molecule has 1 aliphatic heterocycles. The first-order chi connectivity index (χ1) is 13.6. The molecular weight excluding hydrogens is 352 g/mol. The summed E-state index contributed by atoms with van der Waals surface area (Å²) in [6.07, 6.45) is 3.50. The van der Waals surface area contributed by atoms with Gasteiger partial charge in [0, 0.05) is 44.0 Å². The lowest BCUT2D eigenvalue weighted by Gasteiger charge is -2.32. The number of carbonyl (C=O) groups excluding carboxylic acids is 1. The smallest absolute Gasteiger partial charge is 0.238 e. The molecule has 2 N–H and O–H groups in total. The van der Waals surface area contributed by atoms with E-state index < -0.39 is 0 Å². The van der Waals surface area contributed by atoms with Crippen molar-refractivity contribution in [3.63, 3.8) is 0 Å². The number of rotatable bonds is 5. The first kappa shape index (κ1) is 18.7. The molecule has 1 saturated heterocycles. The number of amides is 1. The molecule has 6 nitrogen and oxygen atoms in total. The third-order valence-corrected chi connectivity index (χ3v) is 5.32. The quantitative estimate of drug-likeness (QED) is 0.714. The highest BCUT2D eigenvalue weighted by molar-refractivity contribution is 5.83. The highest BCUT2D eigenvalue weighted by Gasteiger charge is 2.26. The van der Waals surface area contributed by atoms with E-state index in [1.807, 2.05) is 18.2 Å². The summed E-state index contributed by atoms with van der Waals surface area (Å²) in [6.45, 7) is 7.75. The molecular formula is C22H26N4O2. The van der Waals surface area contributed by atoms with Gasteiger partial charge in [0.15, 0.2) is 0 Å². The lowest BCUT2D eigenvalue weighted by Crippen LogP contribution is -2.56. The molecule has 3 heterocycles. The van der Waals surface area contributed by atoms with Gasteiger partial charge in [-0.05, 0) is 43.2 Å². The minimum absolute atomic E-state index is 0.0190. The van der Waals surface area contributed by atoms with Crippen LogP contribution in [-0.2, 0) is 17.9 Å². The number of furan rings is 1. The van der Waals surface area contributed by atoms with Crippen LogP contribution in [0.25, 0.3) is 11.0 Å². The number of fused-ring (bicyclic) bond motifs is 1. The topological polar surface area (TPSA) is 70.4 Å². The van der Waals surface area contributed by atoms with Crippen LogP contribution in [0.3, 0.4) is 0 Å². The number of nitrogens with zero attached hydrogens (tertiary/aromatic N) is 2. The number of piperazine rings is 1. The summed E-state index contributed by atoms with van der Waals surface area (Å²) in [5, 5.41) is 7.50. The molecule has 0 aliphatic carbocycles. The third kappa shape index (κ3) is 4.08. The van der Waals surface area contributed by atoms with Crippen LogP contribution in [0.2, 0.25) is 0 Å². The maximum absolute atomic E-state index is 12.6. The van der Waals surface area contributed by atoms with Gasteiger partial charge in [-0.3, -0.25) is 14.7 Å². The number of pyridine rings is 1. The van der Waals surface area contributed by atoms with Gasteiger partial charge < -0.3 is 15.1 Å². The van der Waals surface area contributed by atoms with Crippen molar-refractivity contribution in [1.29, 1.82) is 0 Å². The van der Waals surface area contributed by atoms with Gasteiger partial charge in [-0.2, -0.15) is 0 Å². The lowest BCUT2D eigenvalue weighted by atomic mass is 10.1. The van der Waals surface area contributed by atoms with Gasteiger partial charge in [-0.25, -0.2) is 0 Å². The van der Waals surface area contributed by atoms with E-state index in [0.29, 0.717) is 19.6 Å². The molecule has 0 spiro atoms. The van der Waals surface area contributed by atoms with Crippen molar-refractivity contribution in [3.05, 3.63) is 65.2 Å². The molecule has 3 aromatic rings. The molecule has 0 radical (unpaired) electrons. The van der Waals surface area contributed by atoms with Crippen molar-refractivity contribution < 1.29 is 9.21 Å². The number of benzene rings is 1. The largest absolute Gasteiger partial charge is 0.459 e. The van der Waals surface area contributed by atoms with E-state index in [0.717, 1.165) is 30.0 Å². The lowest BCUT2D eigenvalue weighted by molar-refractivity contribution is -0.124. The minimum atomic E-state index is -0.225. The second-order valence-electron chi connectivity index (χ2n) is 7.47. The van der Waals surface area contributed by atoms with Crippen molar-refractivity contribution in [1.82, 2.24) is 20.5 Å².